The zero-order valence-corrected chi connectivity index (χ0v) is 11.1. The summed E-state index contributed by atoms with van der Waals surface area (Å²) in [7, 11) is 0. The molecule has 0 aliphatic heterocycles. The summed E-state index contributed by atoms with van der Waals surface area (Å²) >= 11 is 11.9. The van der Waals surface area contributed by atoms with Gasteiger partial charge in [0.05, 0.1) is 15.9 Å². The Hall–Kier alpha value is -1.91. The summed E-state index contributed by atoms with van der Waals surface area (Å²) in [4.78, 5) is 0. The number of hydrogen-bond acceptors (Lipinski definition) is 3. The molecule has 96 valence electrons. The normalized spacial score (nSPS) is 11.1. The molecule has 3 rings (SSSR count). The van der Waals surface area contributed by atoms with Crippen LogP contribution in [-0.4, -0.2) is 15.3 Å². The van der Waals surface area contributed by atoms with Gasteiger partial charge in [0.25, 0.3) is 0 Å². The van der Waals surface area contributed by atoms with Gasteiger partial charge in [-0.05, 0) is 24.3 Å². The molecule has 0 aliphatic carbocycles. The molecule has 0 atom stereocenters. The van der Waals surface area contributed by atoms with Gasteiger partial charge in [0, 0.05) is 16.3 Å². The first-order chi connectivity index (χ1) is 9.08. The summed E-state index contributed by atoms with van der Waals surface area (Å²) in [6.07, 6.45) is 0. The molecule has 0 saturated carbocycles. The predicted octanol–water partition coefficient (Wildman–Crippen LogP) is 3.82. The van der Waals surface area contributed by atoms with E-state index in [1.165, 1.54) is 6.07 Å². The monoisotopic (exact) mass is 293 g/mol. The summed E-state index contributed by atoms with van der Waals surface area (Å²) in [5.41, 5.74) is 8.28. The van der Waals surface area contributed by atoms with Crippen molar-refractivity contribution < 1.29 is 5.11 Å². The second-order valence-corrected chi connectivity index (χ2v) is 4.97. The molecule has 1 heterocycles. The maximum absolute atomic E-state index is 10.1. The second-order valence-electron chi connectivity index (χ2n) is 4.13. The molecule has 19 heavy (non-hydrogen) atoms. The fourth-order valence-corrected chi connectivity index (χ4v) is 2.53. The van der Waals surface area contributed by atoms with Crippen molar-refractivity contribution in [2.45, 2.75) is 0 Å². The number of benzene rings is 2. The van der Waals surface area contributed by atoms with Crippen molar-refractivity contribution in [1.82, 2.24) is 10.2 Å². The second kappa shape index (κ2) is 4.33. The Kier molecular flexibility index (Phi) is 2.77. The number of anilines is 1. The number of H-pyrrole nitrogens is 1. The third kappa shape index (κ3) is 1.89. The van der Waals surface area contributed by atoms with Crippen molar-refractivity contribution in [2.24, 2.45) is 0 Å². The molecule has 0 bridgehead atoms. The van der Waals surface area contributed by atoms with E-state index in [0.717, 1.165) is 10.9 Å². The van der Waals surface area contributed by atoms with E-state index in [1.54, 1.807) is 12.1 Å². The van der Waals surface area contributed by atoms with Gasteiger partial charge in [-0.3, -0.25) is 5.10 Å². The fraction of sp³-hybridized carbons (Fsp3) is 0. The van der Waals surface area contributed by atoms with Crippen LogP contribution in [-0.2, 0) is 0 Å². The van der Waals surface area contributed by atoms with E-state index in [0.29, 0.717) is 22.0 Å². The van der Waals surface area contributed by atoms with Crippen LogP contribution < -0.4 is 5.73 Å². The number of nitrogens with zero attached hydrogens (tertiary/aromatic N) is 1. The number of nitrogen functional groups attached to an aromatic ring is 1. The lowest BCUT2D eigenvalue weighted by molar-refractivity contribution is 0.477. The number of nitrogens with one attached hydrogen (secondary N) is 1. The van der Waals surface area contributed by atoms with Gasteiger partial charge < -0.3 is 10.8 Å². The van der Waals surface area contributed by atoms with Crippen LogP contribution in [0.15, 0.2) is 30.3 Å². The van der Waals surface area contributed by atoms with E-state index in [4.69, 9.17) is 28.9 Å². The molecule has 0 aliphatic rings. The van der Waals surface area contributed by atoms with Crippen LogP contribution >= 0.6 is 23.2 Å². The van der Waals surface area contributed by atoms with Crippen LogP contribution in [0.5, 0.6) is 5.75 Å². The minimum Gasteiger partial charge on any atom is -0.506 e. The molecule has 3 aromatic rings. The highest BCUT2D eigenvalue weighted by molar-refractivity contribution is 6.36. The predicted molar refractivity (Wildman–Crippen MR) is 77.6 cm³/mol. The van der Waals surface area contributed by atoms with Crippen LogP contribution in [0.4, 0.5) is 5.69 Å². The molecular weight excluding hydrogens is 285 g/mol. The van der Waals surface area contributed by atoms with Crippen molar-refractivity contribution in [3.05, 3.63) is 40.4 Å². The van der Waals surface area contributed by atoms with Gasteiger partial charge in [-0.15, -0.1) is 0 Å². The number of aromatic hydroxyl groups is 1. The topological polar surface area (TPSA) is 74.9 Å². The number of rotatable bonds is 1. The maximum atomic E-state index is 10.1. The average molecular weight is 294 g/mol. The van der Waals surface area contributed by atoms with Gasteiger partial charge in [-0.2, -0.15) is 5.10 Å². The summed E-state index contributed by atoms with van der Waals surface area (Å²) in [5.74, 6) is -0.0669. The molecular formula is C13H9Cl2N3O. The van der Waals surface area contributed by atoms with Gasteiger partial charge in [0.2, 0.25) is 0 Å². The van der Waals surface area contributed by atoms with Crippen molar-refractivity contribution in [3.63, 3.8) is 0 Å². The third-order valence-electron chi connectivity index (χ3n) is 2.90. The lowest BCUT2D eigenvalue weighted by Crippen LogP contribution is -1.87. The van der Waals surface area contributed by atoms with E-state index in [9.17, 15) is 5.11 Å². The van der Waals surface area contributed by atoms with E-state index < -0.39 is 0 Å². The fourth-order valence-electron chi connectivity index (χ4n) is 2.04. The van der Waals surface area contributed by atoms with E-state index in [-0.39, 0.29) is 10.8 Å². The van der Waals surface area contributed by atoms with Gasteiger partial charge in [-0.1, -0.05) is 29.3 Å². The minimum absolute atomic E-state index is 0.0669. The number of nitrogens with two attached hydrogens (primary N) is 1. The van der Waals surface area contributed by atoms with Crippen LogP contribution in [0.3, 0.4) is 0 Å². The number of aromatic nitrogens is 2. The van der Waals surface area contributed by atoms with Crippen LogP contribution in [0.2, 0.25) is 10.0 Å². The Morgan fingerprint density at radius 3 is 2.79 bits per heavy atom. The Balaban J connectivity index is 2.37. The van der Waals surface area contributed by atoms with Crippen molar-refractivity contribution in [2.75, 3.05) is 5.73 Å². The smallest absolute Gasteiger partial charge is 0.143 e. The molecule has 4 nitrogen and oxygen atoms in total. The van der Waals surface area contributed by atoms with Gasteiger partial charge in [0.15, 0.2) is 0 Å². The first-order valence-electron chi connectivity index (χ1n) is 5.49. The number of aromatic amines is 1. The SMILES string of the molecule is Nc1cccc2[nH]nc(-c3cc(Cl)cc(Cl)c3O)c12. The van der Waals surface area contributed by atoms with E-state index in [2.05, 4.69) is 10.2 Å². The summed E-state index contributed by atoms with van der Waals surface area (Å²) in [6, 6.07) is 8.52. The van der Waals surface area contributed by atoms with Crippen molar-refractivity contribution in [1.29, 1.82) is 0 Å². The molecule has 0 radical (unpaired) electrons. The highest BCUT2D eigenvalue weighted by Crippen LogP contribution is 2.40. The Morgan fingerprint density at radius 1 is 1.21 bits per heavy atom. The number of halogens is 2. The van der Waals surface area contributed by atoms with Crippen molar-refractivity contribution in [3.8, 4) is 17.0 Å². The number of fused-ring (bicyclic) bond motifs is 1. The molecule has 0 fully saturated rings. The number of phenols is 1. The zero-order chi connectivity index (χ0) is 13.6. The summed E-state index contributed by atoms with van der Waals surface area (Å²) in [5, 5.41) is 18.4. The Labute approximate surface area is 118 Å². The highest BCUT2D eigenvalue weighted by atomic mass is 35.5. The molecule has 0 amide bonds. The van der Waals surface area contributed by atoms with Crippen LogP contribution in [0.25, 0.3) is 22.2 Å². The lowest BCUT2D eigenvalue weighted by atomic mass is 10.1. The summed E-state index contributed by atoms with van der Waals surface area (Å²) < 4.78 is 0. The van der Waals surface area contributed by atoms with E-state index in [1.807, 2.05) is 12.1 Å². The average Bonchev–Trinajstić information content (AvgIpc) is 2.79. The molecule has 2 aromatic carbocycles. The Bertz CT molecular complexity index is 783. The van der Waals surface area contributed by atoms with Crippen LogP contribution in [0, 0.1) is 0 Å². The van der Waals surface area contributed by atoms with E-state index >= 15 is 0 Å². The molecule has 1 aromatic heterocycles. The number of phenolic OH excluding ortho intramolecular Hbond substituents is 1. The standard InChI is InChI=1S/C13H9Cl2N3O/c14-6-4-7(13(19)8(15)5-6)12-11-9(16)2-1-3-10(11)17-18-12/h1-5,19H,16H2,(H,17,18). The minimum atomic E-state index is -0.0669. The van der Waals surface area contributed by atoms with Crippen molar-refractivity contribution >= 4 is 39.8 Å². The highest BCUT2D eigenvalue weighted by Gasteiger charge is 2.16. The third-order valence-corrected chi connectivity index (χ3v) is 3.41. The maximum Gasteiger partial charge on any atom is 0.143 e. The van der Waals surface area contributed by atoms with Gasteiger partial charge >= 0.3 is 0 Å². The number of hydrogen-bond donors (Lipinski definition) is 3. The van der Waals surface area contributed by atoms with Gasteiger partial charge in [0.1, 0.15) is 11.4 Å². The Morgan fingerprint density at radius 2 is 2.00 bits per heavy atom. The lowest BCUT2D eigenvalue weighted by Gasteiger charge is -2.06. The summed E-state index contributed by atoms with van der Waals surface area (Å²) in [6.45, 7) is 0. The van der Waals surface area contributed by atoms with Crippen LogP contribution in [0.1, 0.15) is 0 Å². The molecule has 0 unspecified atom stereocenters. The molecule has 0 spiro atoms. The zero-order valence-electron chi connectivity index (χ0n) is 9.61. The van der Waals surface area contributed by atoms with Gasteiger partial charge in [-0.25, -0.2) is 0 Å². The largest absolute Gasteiger partial charge is 0.506 e. The first-order valence-corrected chi connectivity index (χ1v) is 6.24. The molecule has 4 N–H and O–H groups in total. The molecule has 6 heteroatoms. The molecule has 0 saturated heterocycles. The quantitative estimate of drug-likeness (QED) is 0.597. The first kappa shape index (κ1) is 12.1.